The first-order chi connectivity index (χ1) is 10.0. The van der Waals surface area contributed by atoms with Crippen molar-refractivity contribution in [2.24, 2.45) is 0 Å². The number of nitrogens with zero attached hydrogens (tertiary/aromatic N) is 1. The molecule has 1 unspecified atom stereocenters. The Kier molecular flexibility index (Phi) is 4.31. The first-order valence-electron chi connectivity index (χ1n) is 7.81. The Morgan fingerprint density at radius 1 is 1.19 bits per heavy atom. The van der Waals surface area contributed by atoms with Crippen LogP contribution in [0.5, 0.6) is 0 Å². The van der Waals surface area contributed by atoms with E-state index in [4.69, 9.17) is 9.16 Å². The van der Waals surface area contributed by atoms with E-state index < -0.39 is 8.32 Å². The van der Waals surface area contributed by atoms with Crippen LogP contribution in [-0.2, 0) is 9.16 Å². The summed E-state index contributed by atoms with van der Waals surface area (Å²) in [4.78, 5) is 2.55. The zero-order chi connectivity index (χ0) is 14.9. The highest BCUT2D eigenvalue weighted by Crippen LogP contribution is 2.34. The van der Waals surface area contributed by atoms with Crippen molar-refractivity contribution in [2.75, 3.05) is 13.2 Å². The summed E-state index contributed by atoms with van der Waals surface area (Å²) in [5.74, 6) is 0. The van der Waals surface area contributed by atoms with Gasteiger partial charge in [0.25, 0.3) is 0 Å². The van der Waals surface area contributed by atoms with Crippen LogP contribution in [0, 0.1) is 0 Å². The second-order valence-electron chi connectivity index (χ2n) is 6.80. The lowest BCUT2D eigenvalue weighted by Gasteiger charge is -2.47. The van der Waals surface area contributed by atoms with Crippen LogP contribution in [0.2, 0.25) is 19.6 Å². The summed E-state index contributed by atoms with van der Waals surface area (Å²) in [5, 5.41) is 0. The molecule has 21 heavy (non-hydrogen) atoms. The lowest BCUT2D eigenvalue weighted by atomic mass is 9.98. The van der Waals surface area contributed by atoms with Gasteiger partial charge in [0.1, 0.15) is 0 Å². The highest BCUT2D eigenvalue weighted by molar-refractivity contribution is 6.69. The van der Waals surface area contributed by atoms with Crippen molar-refractivity contribution in [3.05, 3.63) is 48.0 Å². The SMILES string of the molecule is C[Si](C)(C)OC1OC[C@H](c2ccccc2)N2CCC=C[C@@H]12. The van der Waals surface area contributed by atoms with Gasteiger partial charge in [-0.05, 0) is 31.6 Å². The number of benzene rings is 1. The highest BCUT2D eigenvalue weighted by atomic mass is 28.4. The van der Waals surface area contributed by atoms with Crippen molar-refractivity contribution in [1.29, 1.82) is 0 Å². The highest BCUT2D eigenvalue weighted by Gasteiger charge is 2.40. The summed E-state index contributed by atoms with van der Waals surface area (Å²) < 4.78 is 12.4. The minimum Gasteiger partial charge on any atom is -0.392 e. The molecule has 0 aliphatic carbocycles. The molecule has 1 aromatic carbocycles. The standard InChI is InChI=1S/C17H25NO2Si/c1-21(2,3)20-17-15-11-7-8-12-18(15)16(13-19-17)14-9-5-4-6-10-14/h4-7,9-11,15-17H,8,12-13H2,1-3H3/t15-,16+,17?/m0/s1. The van der Waals surface area contributed by atoms with Crippen molar-refractivity contribution < 1.29 is 9.16 Å². The first-order valence-corrected chi connectivity index (χ1v) is 11.2. The van der Waals surface area contributed by atoms with Gasteiger partial charge in [-0.3, -0.25) is 4.90 Å². The molecule has 114 valence electrons. The summed E-state index contributed by atoms with van der Waals surface area (Å²) in [6.45, 7) is 8.45. The maximum atomic E-state index is 6.26. The van der Waals surface area contributed by atoms with Gasteiger partial charge < -0.3 is 9.16 Å². The van der Waals surface area contributed by atoms with Gasteiger partial charge in [-0.15, -0.1) is 0 Å². The van der Waals surface area contributed by atoms with Gasteiger partial charge in [-0.25, -0.2) is 0 Å². The Balaban J connectivity index is 1.82. The number of rotatable bonds is 3. The van der Waals surface area contributed by atoms with E-state index in [2.05, 4.69) is 67.0 Å². The summed E-state index contributed by atoms with van der Waals surface area (Å²) in [6.07, 6.45) is 5.52. The van der Waals surface area contributed by atoms with E-state index in [0.29, 0.717) is 12.6 Å². The summed E-state index contributed by atoms with van der Waals surface area (Å²) in [5.41, 5.74) is 1.34. The van der Waals surface area contributed by atoms with Gasteiger partial charge in [0.05, 0.1) is 18.7 Å². The van der Waals surface area contributed by atoms with E-state index in [1.54, 1.807) is 0 Å². The zero-order valence-electron chi connectivity index (χ0n) is 13.2. The van der Waals surface area contributed by atoms with Crippen LogP contribution in [0.4, 0.5) is 0 Å². The molecule has 2 aliphatic rings. The molecule has 1 fully saturated rings. The second-order valence-corrected chi connectivity index (χ2v) is 11.3. The minimum absolute atomic E-state index is 0.117. The fourth-order valence-electron chi connectivity index (χ4n) is 3.12. The molecule has 0 radical (unpaired) electrons. The Labute approximate surface area is 128 Å². The molecule has 3 rings (SSSR count). The molecule has 0 amide bonds. The van der Waals surface area contributed by atoms with Gasteiger partial charge in [-0.1, -0.05) is 42.5 Å². The van der Waals surface area contributed by atoms with Gasteiger partial charge in [0, 0.05) is 6.54 Å². The van der Waals surface area contributed by atoms with Crippen LogP contribution in [0.1, 0.15) is 18.0 Å². The number of hydrogen-bond acceptors (Lipinski definition) is 3. The maximum absolute atomic E-state index is 6.26. The minimum atomic E-state index is -1.61. The van der Waals surface area contributed by atoms with Crippen molar-refractivity contribution in [2.45, 2.75) is 44.4 Å². The molecule has 4 heteroatoms. The molecule has 2 heterocycles. The predicted molar refractivity (Wildman–Crippen MR) is 87.6 cm³/mol. The van der Waals surface area contributed by atoms with E-state index in [1.807, 2.05) is 0 Å². The lowest BCUT2D eigenvalue weighted by molar-refractivity contribution is -0.180. The molecule has 3 nitrogen and oxygen atoms in total. The summed E-state index contributed by atoms with van der Waals surface area (Å²) in [6, 6.07) is 11.3. The van der Waals surface area contributed by atoms with E-state index in [9.17, 15) is 0 Å². The topological polar surface area (TPSA) is 21.7 Å². The Bertz CT molecular complexity index is 497. The van der Waals surface area contributed by atoms with Crippen molar-refractivity contribution in [3.63, 3.8) is 0 Å². The average Bonchev–Trinajstić information content (AvgIpc) is 2.47. The lowest BCUT2D eigenvalue weighted by Crippen LogP contribution is -2.56. The molecular weight excluding hydrogens is 278 g/mol. The molecule has 0 aromatic heterocycles. The quantitative estimate of drug-likeness (QED) is 0.629. The summed E-state index contributed by atoms with van der Waals surface area (Å²) >= 11 is 0. The molecule has 1 aromatic rings. The Hall–Kier alpha value is -0.943. The second kappa shape index (κ2) is 6.05. The molecular formula is C17H25NO2Si. The number of morpholine rings is 1. The molecule has 0 bridgehead atoms. The zero-order valence-corrected chi connectivity index (χ0v) is 14.2. The number of ether oxygens (including phenoxy) is 1. The van der Waals surface area contributed by atoms with Gasteiger partial charge >= 0.3 is 0 Å². The third kappa shape index (κ3) is 3.46. The Morgan fingerprint density at radius 3 is 2.67 bits per heavy atom. The first kappa shape index (κ1) is 15.0. The Morgan fingerprint density at radius 2 is 1.95 bits per heavy atom. The molecule has 1 saturated heterocycles. The average molecular weight is 303 g/mol. The molecule has 0 N–H and O–H groups in total. The number of fused-ring (bicyclic) bond motifs is 1. The van der Waals surface area contributed by atoms with E-state index >= 15 is 0 Å². The van der Waals surface area contributed by atoms with Gasteiger partial charge in [0.15, 0.2) is 14.6 Å². The maximum Gasteiger partial charge on any atom is 0.187 e. The molecule has 3 atom stereocenters. The third-order valence-corrected chi connectivity index (χ3v) is 4.96. The molecule has 0 saturated carbocycles. The fourth-order valence-corrected chi connectivity index (χ4v) is 4.03. The van der Waals surface area contributed by atoms with Crippen LogP contribution < -0.4 is 0 Å². The largest absolute Gasteiger partial charge is 0.392 e. The van der Waals surface area contributed by atoms with Crippen LogP contribution in [0.15, 0.2) is 42.5 Å². The van der Waals surface area contributed by atoms with Crippen LogP contribution >= 0.6 is 0 Å². The van der Waals surface area contributed by atoms with E-state index in [-0.39, 0.29) is 12.3 Å². The van der Waals surface area contributed by atoms with Crippen LogP contribution in [0.3, 0.4) is 0 Å². The van der Waals surface area contributed by atoms with Crippen LogP contribution in [0.25, 0.3) is 0 Å². The van der Waals surface area contributed by atoms with E-state index in [1.165, 1.54) is 5.56 Å². The summed E-state index contributed by atoms with van der Waals surface area (Å²) in [7, 11) is -1.61. The monoisotopic (exact) mass is 303 g/mol. The van der Waals surface area contributed by atoms with E-state index in [0.717, 1.165) is 13.0 Å². The smallest absolute Gasteiger partial charge is 0.187 e. The van der Waals surface area contributed by atoms with Crippen molar-refractivity contribution in [1.82, 2.24) is 4.90 Å². The molecule has 2 aliphatic heterocycles. The number of hydrogen-bond donors (Lipinski definition) is 0. The van der Waals surface area contributed by atoms with Gasteiger partial charge in [-0.2, -0.15) is 0 Å². The molecule has 0 spiro atoms. The normalized spacial score (nSPS) is 30.1. The third-order valence-electron chi connectivity index (χ3n) is 4.02. The van der Waals surface area contributed by atoms with Gasteiger partial charge in [0.2, 0.25) is 0 Å². The predicted octanol–water partition coefficient (Wildman–Crippen LogP) is 3.57. The van der Waals surface area contributed by atoms with Crippen LogP contribution in [-0.4, -0.2) is 38.7 Å². The van der Waals surface area contributed by atoms with Crippen molar-refractivity contribution >= 4 is 8.32 Å². The van der Waals surface area contributed by atoms with Crippen molar-refractivity contribution in [3.8, 4) is 0 Å². The fraction of sp³-hybridized carbons (Fsp3) is 0.529.